The van der Waals surface area contributed by atoms with E-state index in [0.717, 1.165) is 0 Å². The van der Waals surface area contributed by atoms with Crippen LogP contribution in [0.5, 0.6) is 17.2 Å². The Balaban J connectivity index is 2.55. The van der Waals surface area contributed by atoms with E-state index in [2.05, 4.69) is 6.58 Å². The normalized spacial score (nSPS) is 11.9. The van der Waals surface area contributed by atoms with Crippen LogP contribution in [0.1, 0.15) is 57.5 Å². The van der Waals surface area contributed by atoms with E-state index >= 15 is 0 Å². The molecule has 0 radical (unpaired) electrons. The number of hydrogen-bond donors (Lipinski definition) is 0. The minimum absolute atomic E-state index is 0.0917. The highest BCUT2D eigenvalue weighted by Crippen LogP contribution is 2.38. The molecule has 0 aliphatic heterocycles. The summed E-state index contributed by atoms with van der Waals surface area (Å²) in [5.74, 6) is 1.69. The summed E-state index contributed by atoms with van der Waals surface area (Å²) in [5, 5.41) is 0. The fourth-order valence-electron chi connectivity index (χ4n) is 2.67. The quantitative estimate of drug-likeness (QED) is 0.284. The topological polar surface area (TPSA) is 44.8 Å². The number of benzene rings is 2. The molecule has 30 heavy (non-hydrogen) atoms. The molecule has 0 aliphatic carbocycles. The van der Waals surface area contributed by atoms with Gasteiger partial charge in [-0.15, -0.1) is 0 Å². The first-order chi connectivity index (χ1) is 14.0. The Hall–Kier alpha value is -3.01. The monoisotopic (exact) mass is 408 g/mol. The first-order valence-electron chi connectivity index (χ1n) is 10.1. The van der Waals surface area contributed by atoms with Gasteiger partial charge in [0, 0.05) is 17.7 Å². The van der Waals surface area contributed by atoms with Crippen molar-refractivity contribution in [3.63, 3.8) is 0 Å². The van der Waals surface area contributed by atoms with Crippen LogP contribution in [0.25, 0.3) is 6.08 Å². The predicted molar refractivity (Wildman–Crippen MR) is 123 cm³/mol. The van der Waals surface area contributed by atoms with Gasteiger partial charge in [-0.05, 0) is 53.7 Å². The lowest BCUT2D eigenvalue weighted by Crippen LogP contribution is -2.25. The largest absolute Gasteiger partial charge is 0.489 e. The average molecular weight is 409 g/mol. The standard InChI is InChI=1S/C26H32O4/c1-8-16-28-20-17-23(29-25(2,3)4)21(24(18-20)30-26(5,6)7)14-15-22(27)19-12-10-9-11-13-19/h8-15,17-18H,1,16H2,2-7H3. The molecule has 0 bridgehead atoms. The fourth-order valence-corrected chi connectivity index (χ4v) is 2.67. The lowest BCUT2D eigenvalue weighted by molar-refractivity contribution is 0.104. The highest BCUT2D eigenvalue weighted by Gasteiger charge is 2.22. The number of allylic oxidation sites excluding steroid dienone is 1. The smallest absolute Gasteiger partial charge is 0.185 e. The van der Waals surface area contributed by atoms with Crippen molar-refractivity contribution in [1.29, 1.82) is 0 Å². The van der Waals surface area contributed by atoms with E-state index in [-0.39, 0.29) is 5.78 Å². The lowest BCUT2D eigenvalue weighted by Gasteiger charge is -2.27. The number of hydrogen-bond acceptors (Lipinski definition) is 4. The van der Waals surface area contributed by atoms with Gasteiger partial charge in [0.15, 0.2) is 5.78 Å². The van der Waals surface area contributed by atoms with Gasteiger partial charge in [0.2, 0.25) is 0 Å². The van der Waals surface area contributed by atoms with E-state index in [0.29, 0.717) is 35.0 Å². The Kier molecular flexibility index (Phi) is 7.49. The third-order valence-electron chi connectivity index (χ3n) is 3.74. The van der Waals surface area contributed by atoms with Gasteiger partial charge >= 0.3 is 0 Å². The van der Waals surface area contributed by atoms with Crippen molar-refractivity contribution in [3.05, 3.63) is 72.3 Å². The molecule has 4 nitrogen and oxygen atoms in total. The first-order valence-corrected chi connectivity index (χ1v) is 10.1. The fraction of sp³-hybridized carbons (Fsp3) is 0.346. The molecule has 0 unspecified atom stereocenters. The van der Waals surface area contributed by atoms with E-state index in [1.807, 2.05) is 71.9 Å². The van der Waals surface area contributed by atoms with E-state index in [9.17, 15) is 4.79 Å². The summed E-state index contributed by atoms with van der Waals surface area (Å²) in [7, 11) is 0. The molecule has 0 aromatic heterocycles. The molecule has 0 N–H and O–H groups in total. The molecule has 2 aromatic rings. The summed E-state index contributed by atoms with van der Waals surface area (Å²) < 4.78 is 18.1. The Morgan fingerprint density at radius 1 is 0.933 bits per heavy atom. The molecule has 0 saturated heterocycles. The molecule has 0 spiro atoms. The maximum Gasteiger partial charge on any atom is 0.185 e. The molecule has 4 heteroatoms. The SMILES string of the molecule is C=CCOc1cc(OC(C)(C)C)c(C=CC(=O)c2ccccc2)c(OC(C)(C)C)c1. The highest BCUT2D eigenvalue weighted by molar-refractivity contribution is 6.07. The van der Waals surface area contributed by atoms with Gasteiger partial charge in [-0.1, -0.05) is 43.0 Å². The van der Waals surface area contributed by atoms with Gasteiger partial charge in [0.25, 0.3) is 0 Å². The van der Waals surface area contributed by atoms with Crippen LogP contribution in [0.3, 0.4) is 0 Å². The molecule has 0 saturated carbocycles. The predicted octanol–water partition coefficient (Wildman–Crippen LogP) is 6.50. The molecule has 0 aliphatic rings. The van der Waals surface area contributed by atoms with Crippen molar-refractivity contribution in [2.45, 2.75) is 52.7 Å². The molecule has 0 amide bonds. The third kappa shape index (κ3) is 7.43. The zero-order chi connectivity index (χ0) is 22.4. The third-order valence-corrected chi connectivity index (χ3v) is 3.74. The maximum absolute atomic E-state index is 12.6. The van der Waals surface area contributed by atoms with Gasteiger partial charge in [0.1, 0.15) is 35.1 Å². The van der Waals surface area contributed by atoms with Crippen LogP contribution in [0, 0.1) is 0 Å². The van der Waals surface area contributed by atoms with Crippen LogP contribution in [-0.4, -0.2) is 23.6 Å². The molecular formula is C26H32O4. The molecular weight excluding hydrogens is 376 g/mol. The van der Waals surface area contributed by atoms with E-state index < -0.39 is 11.2 Å². The summed E-state index contributed by atoms with van der Waals surface area (Å²) in [4.78, 5) is 12.6. The minimum Gasteiger partial charge on any atom is -0.489 e. The molecule has 2 rings (SSSR count). The highest BCUT2D eigenvalue weighted by atomic mass is 16.5. The van der Waals surface area contributed by atoms with Crippen LogP contribution >= 0.6 is 0 Å². The van der Waals surface area contributed by atoms with Gasteiger partial charge in [-0.3, -0.25) is 4.79 Å². The second-order valence-electron chi connectivity index (χ2n) is 8.93. The summed E-state index contributed by atoms with van der Waals surface area (Å²) in [5.41, 5.74) is 0.427. The molecule has 2 aromatic carbocycles. The van der Waals surface area contributed by atoms with Gasteiger partial charge in [0.05, 0.1) is 5.56 Å². The van der Waals surface area contributed by atoms with Crippen molar-refractivity contribution in [2.75, 3.05) is 6.61 Å². The summed E-state index contributed by atoms with van der Waals surface area (Å²) in [6, 6.07) is 12.8. The Bertz CT molecular complexity index is 860. The van der Waals surface area contributed by atoms with Gasteiger partial charge in [-0.25, -0.2) is 0 Å². The van der Waals surface area contributed by atoms with Crippen LogP contribution in [0.15, 0.2) is 61.2 Å². The Morgan fingerprint density at radius 3 is 1.93 bits per heavy atom. The van der Waals surface area contributed by atoms with E-state index in [1.165, 1.54) is 0 Å². The van der Waals surface area contributed by atoms with Crippen LogP contribution in [0.4, 0.5) is 0 Å². The number of carbonyl (C=O) groups excluding carboxylic acids is 1. The summed E-state index contributed by atoms with van der Waals surface area (Å²) in [6.07, 6.45) is 4.97. The Morgan fingerprint density at radius 2 is 1.47 bits per heavy atom. The summed E-state index contributed by atoms with van der Waals surface area (Å²) in [6.45, 7) is 15.9. The maximum atomic E-state index is 12.6. The average Bonchev–Trinajstić information content (AvgIpc) is 2.63. The van der Waals surface area contributed by atoms with Crippen molar-refractivity contribution in [1.82, 2.24) is 0 Å². The van der Waals surface area contributed by atoms with Gasteiger partial charge < -0.3 is 14.2 Å². The van der Waals surface area contributed by atoms with Crippen LogP contribution < -0.4 is 14.2 Å². The van der Waals surface area contributed by atoms with Crippen molar-refractivity contribution in [3.8, 4) is 17.2 Å². The number of carbonyl (C=O) groups is 1. The number of rotatable bonds is 8. The zero-order valence-electron chi connectivity index (χ0n) is 18.8. The second-order valence-corrected chi connectivity index (χ2v) is 8.93. The Labute approximate surface area is 180 Å². The van der Waals surface area contributed by atoms with E-state index in [1.54, 1.807) is 30.4 Å². The van der Waals surface area contributed by atoms with E-state index in [4.69, 9.17) is 14.2 Å². The summed E-state index contributed by atoms with van der Waals surface area (Å²) >= 11 is 0. The molecule has 0 heterocycles. The van der Waals surface area contributed by atoms with Crippen molar-refractivity contribution < 1.29 is 19.0 Å². The first kappa shape index (κ1) is 23.3. The minimum atomic E-state index is -0.442. The molecule has 160 valence electrons. The lowest BCUT2D eigenvalue weighted by atomic mass is 10.1. The van der Waals surface area contributed by atoms with Crippen LogP contribution in [-0.2, 0) is 0 Å². The zero-order valence-corrected chi connectivity index (χ0v) is 18.8. The van der Waals surface area contributed by atoms with Crippen LogP contribution in [0.2, 0.25) is 0 Å². The molecule has 0 atom stereocenters. The number of ether oxygens (including phenoxy) is 3. The van der Waals surface area contributed by atoms with Crippen molar-refractivity contribution in [2.24, 2.45) is 0 Å². The molecule has 0 fully saturated rings. The van der Waals surface area contributed by atoms with Crippen molar-refractivity contribution >= 4 is 11.9 Å². The van der Waals surface area contributed by atoms with Gasteiger partial charge in [-0.2, -0.15) is 0 Å². The number of ketones is 1. The second kappa shape index (κ2) is 9.66.